The zero-order chi connectivity index (χ0) is 49.3. The van der Waals surface area contributed by atoms with E-state index in [1.54, 1.807) is 0 Å². The van der Waals surface area contributed by atoms with Crippen molar-refractivity contribution in [3.05, 3.63) is 12.2 Å². The maximum atomic E-state index is 12.5. The highest BCUT2D eigenvalue weighted by atomic mass is 16.5. The quantitative estimate of drug-likeness (QED) is 0.0321. The molecular weight excluding hydrogens is 839 g/mol. The number of esters is 1. The highest BCUT2D eigenvalue weighted by molar-refractivity contribution is 5.76. The second-order valence-corrected chi connectivity index (χ2v) is 21.4. The van der Waals surface area contributed by atoms with E-state index < -0.39 is 12.1 Å². The van der Waals surface area contributed by atoms with E-state index in [2.05, 4.69) is 31.3 Å². The molecule has 68 heavy (non-hydrogen) atoms. The standard InChI is InChI=1S/C62H121NO5/c1-3-5-7-9-11-13-15-16-17-18-19-20-21-22-23-24-25-26-28-31-35-38-42-46-50-54-60(65)59(58-64)63-61(66)55-51-47-43-39-36-32-29-27-30-33-37-41-45-49-53-57-68-62(67)56-52-48-44-40-34-14-12-10-8-6-4-2/h30,33,59-60,64-65H,3-29,31-32,34-58H2,1-2H3,(H,63,66)/b33-30-. The fourth-order valence-corrected chi connectivity index (χ4v) is 9.81. The summed E-state index contributed by atoms with van der Waals surface area (Å²) in [6, 6.07) is -0.553. The van der Waals surface area contributed by atoms with E-state index >= 15 is 0 Å². The average Bonchev–Trinajstić information content (AvgIpc) is 3.34. The van der Waals surface area contributed by atoms with Crippen LogP contribution >= 0.6 is 0 Å². The minimum Gasteiger partial charge on any atom is -0.466 e. The minimum absolute atomic E-state index is 0.00925. The van der Waals surface area contributed by atoms with Crippen LogP contribution in [0.5, 0.6) is 0 Å². The van der Waals surface area contributed by atoms with Crippen molar-refractivity contribution in [3.8, 4) is 0 Å². The zero-order valence-electron chi connectivity index (χ0n) is 46.1. The largest absolute Gasteiger partial charge is 0.466 e. The second-order valence-electron chi connectivity index (χ2n) is 21.4. The van der Waals surface area contributed by atoms with Crippen LogP contribution in [0.25, 0.3) is 0 Å². The first-order chi connectivity index (χ1) is 33.5. The molecule has 0 aromatic heterocycles. The molecule has 0 spiro atoms. The van der Waals surface area contributed by atoms with Gasteiger partial charge in [-0.15, -0.1) is 0 Å². The molecule has 0 bridgehead atoms. The summed E-state index contributed by atoms with van der Waals surface area (Å²) in [5, 5.41) is 23.4. The molecule has 0 radical (unpaired) electrons. The molecule has 0 aliphatic heterocycles. The topological polar surface area (TPSA) is 95.9 Å². The third-order valence-corrected chi connectivity index (χ3v) is 14.6. The van der Waals surface area contributed by atoms with Gasteiger partial charge >= 0.3 is 5.97 Å². The number of amides is 1. The van der Waals surface area contributed by atoms with Crippen LogP contribution in [-0.4, -0.2) is 47.4 Å². The first kappa shape index (κ1) is 66.6. The van der Waals surface area contributed by atoms with Crippen LogP contribution in [0.1, 0.15) is 348 Å². The van der Waals surface area contributed by atoms with Crippen LogP contribution in [0, 0.1) is 0 Å². The van der Waals surface area contributed by atoms with Gasteiger partial charge in [-0.2, -0.15) is 0 Å². The van der Waals surface area contributed by atoms with Gasteiger partial charge in [0.2, 0.25) is 5.91 Å². The Morgan fingerprint density at radius 1 is 0.397 bits per heavy atom. The number of hydrogen-bond acceptors (Lipinski definition) is 5. The molecule has 6 nitrogen and oxygen atoms in total. The monoisotopic (exact) mass is 960 g/mol. The smallest absolute Gasteiger partial charge is 0.305 e. The maximum absolute atomic E-state index is 12.5. The number of carbonyl (C=O) groups excluding carboxylic acids is 2. The van der Waals surface area contributed by atoms with Crippen molar-refractivity contribution in [3.63, 3.8) is 0 Å². The molecule has 0 aliphatic rings. The molecule has 0 saturated heterocycles. The number of aliphatic hydroxyl groups excluding tert-OH is 2. The number of aliphatic hydroxyl groups is 2. The van der Waals surface area contributed by atoms with E-state index in [0.717, 1.165) is 70.6 Å². The van der Waals surface area contributed by atoms with E-state index in [4.69, 9.17) is 4.74 Å². The van der Waals surface area contributed by atoms with Crippen LogP contribution in [0.3, 0.4) is 0 Å². The number of allylic oxidation sites excluding steroid dienone is 2. The Labute approximate surface area is 425 Å². The van der Waals surface area contributed by atoms with Crippen molar-refractivity contribution in [1.82, 2.24) is 5.32 Å². The molecule has 0 aromatic carbocycles. The van der Waals surface area contributed by atoms with Gasteiger partial charge < -0.3 is 20.3 Å². The predicted molar refractivity (Wildman–Crippen MR) is 297 cm³/mol. The lowest BCUT2D eigenvalue weighted by molar-refractivity contribution is -0.143. The van der Waals surface area contributed by atoms with Crippen molar-refractivity contribution in [1.29, 1.82) is 0 Å². The highest BCUT2D eigenvalue weighted by Gasteiger charge is 2.20. The number of carbonyl (C=O) groups is 2. The van der Waals surface area contributed by atoms with Crippen LogP contribution in [0.15, 0.2) is 12.2 Å². The summed E-state index contributed by atoms with van der Waals surface area (Å²) in [7, 11) is 0. The van der Waals surface area contributed by atoms with Crippen molar-refractivity contribution in [2.75, 3.05) is 13.2 Å². The summed E-state index contributed by atoms with van der Waals surface area (Å²) < 4.78 is 5.45. The van der Waals surface area contributed by atoms with Gasteiger partial charge in [0.25, 0.3) is 0 Å². The van der Waals surface area contributed by atoms with E-state index in [1.807, 2.05) is 0 Å². The molecule has 2 atom stereocenters. The van der Waals surface area contributed by atoms with Gasteiger partial charge in [0.1, 0.15) is 0 Å². The molecule has 0 rings (SSSR count). The Morgan fingerprint density at radius 3 is 1.04 bits per heavy atom. The first-order valence-electron chi connectivity index (χ1n) is 30.9. The first-order valence-corrected chi connectivity index (χ1v) is 30.9. The van der Waals surface area contributed by atoms with Gasteiger partial charge in [-0.1, -0.05) is 296 Å². The Kier molecular flexibility index (Phi) is 57.0. The van der Waals surface area contributed by atoms with Crippen LogP contribution < -0.4 is 5.32 Å². The normalized spacial score (nSPS) is 12.6. The number of rotatable bonds is 58. The highest BCUT2D eigenvalue weighted by Crippen LogP contribution is 2.18. The molecule has 404 valence electrons. The molecule has 2 unspecified atom stereocenters. The average molecular weight is 961 g/mol. The van der Waals surface area contributed by atoms with Crippen LogP contribution in [-0.2, 0) is 14.3 Å². The summed E-state index contributed by atoms with van der Waals surface area (Å²) >= 11 is 0. The molecule has 0 aliphatic carbocycles. The number of ether oxygens (including phenoxy) is 1. The third-order valence-electron chi connectivity index (χ3n) is 14.6. The molecule has 0 heterocycles. The van der Waals surface area contributed by atoms with Crippen molar-refractivity contribution in [2.24, 2.45) is 0 Å². The van der Waals surface area contributed by atoms with Gasteiger partial charge in [0.15, 0.2) is 0 Å². The Bertz CT molecular complexity index is 1020. The molecule has 0 fully saturated rings. The predicted octanol–water partition coefficient (Wildman–Crippen LogP) is 19.2. The Morgan fingerprint density at radius 2 is 0.691 bits per heavy atom. The van der Waals surface area contributed by atoms with Crippen molar-refractivity contribution < 1.29 is 24.5 Å². The number of nitrogens with one attached hydrogen (secondary N) is 1. The fourth-order valence-electron chi connectivity index (χ4n) is 9.81. The fraction of sp³-hybridized carbons (Fsp3) is 0.935. The van der Waals surface area contributed by atoms with E-state index in [1.165, 1.54) is 244 Å². The lowest BCUT2D eigenvalue weighted by Crippen LogP contribution is -2.45. The van der Waals surface area contributed by atoms with Gasteiger partial charge in [0, 0.05) is 12.8 Å². The van der Waals surface area contributed by atoms with Gasteiger partial charge in [-0.05, 0) is 51.4 Å². The van der Waals surface area contributed by atoms with E-state index in [-0.39, 0.29) is 18.5 Å². The SMILES string of the molecule is CCCCCCCCCCCCCCCCCCCCCCCCCCCC(O)C(CO)NC(=O)CCCCCCCCC/C=C\CCCCCCOC(=O)CCCCCCCCCCCCC. The lowest BCUT2D eigenvalue weighted by atomic mass is 10.0. The molecule has 3 N–H and O–H groups in total. The van der Waals surface area contributed by atoms with Crippen LogP contribution in [0.4, 0.5) is 0 Å². The summed E-state index contributed by atoms with van der Waals surface area (Å²) in [5.74, 6) is -0.0552. The van der Waals surface area contributed by atoms with Gasteiger partial charge in [-0.3, -0.25) is 9.59 Å². The van der Waals surface area contributed by atoms with E-state index in [9.17, 15) is 19.8 Å². The summed E-state index contributed by atoms with van der Waals surface area (Å²) in [6.45, 7) is 4.94. The Hall–Kier alpha value is -1.40. The summed E-state index contributed by atoms with van der Waals surface area (Å²) in [6.07, 6.45) is 69.3. The second kappa shape index (κ2) is 58.2. The molecular formula is C62H121NO5. The molecule has 0 saturated carbocycles. The van der Waals surface area contributed by atoms with Crippen molar-refractivity contribution in [2.45, 2.75) is 360 Å². The molecule has 1 amide bonds. The zero-order valence-corrected chi connectivity index (χ0v) is 46.1. The van der Waals surface area contributed by atoms with Gasteiger partial charge in [0.05, 0.1) is 25.4 Å². The third kappa shape index (κ3) is 53.9. The summed E-state index contributed by atoms with van der Waals surface area (Å²) in [5.41, 5.74) is 0. The van der Waals surface area contributed by atoms with Crippen molar-refractivity contribution >= 4 is 11.9 Å². The lowest BCUT2D eigenvalue weighted by Gasteiger charge is -2.22. The van der Waals surface area contributed by atoms with Gasteiger partial charge in [-0.25, -0.2) is 0 Å². The minimum atomic E-state index is -0.675. The molecule has 0 aromatic rings. The van der Waals surface area contributed by atoms with Crippen LogP contribution in [0.2, 0.25) is 0 Å². The number of hydrogen-bond donors (Lipinski definition) is 3. The Balaban J connectivity index is 3.45. The van der Waals surface area contributed by atoms with E-state index in [0.29, 0.717) is 25.9 Å². The number of unbranched alkanes of at least 4 members (excludes halogenated alkanes) is 45. The summed E-state index contributed by atoms with van der Waals surface area (Å²) in [4.78, 5) is 24.5. The molecule has 6 heteroatoms. The maximum Gasteiger partial charge on any atom is 0.305 e.